The monoisotopic (exact) mass is 262 g/mol. The second kappa shape index (κ2) is 4.49. The lowest BCUT2D eigenvalue weighted by molar-refractivity contribution is -0.142. The minimum Gasteiger partial charge on any atom is -0.481 e. The Hall–Kier alpha value is -1.75. The molecule has 0 spiro atoms. The largest absolute Gasteiger partial charge is 0.481 e. The van der Waals surface area contributed by atoms with Crippen molar-refractivity contribution in [2.24, 2.45) is 0 Å². The summed E-state index contributed by atoms with van der Waals surface area (Å²) in [7, 11) is 0. The first kappa shape index (κ1) is 12.7. The molecule has 0 aliphatic rings. The third kappa shape index (κ3) is 2.13. The summed E-state index contributed by atoms with van der Waals surface area (Å²) in [5.74, 6) is -0.894. The van der Waals surface area contributed by atoms with Crippen LogP contribution in [-0.4, -0.2) is 21.3 Å². The molecule has 2 rings (SSSR count). The average molecular weight is 262 g/mol. The Morgan fingerprint density at radius 1 is 1.28 bits per heavy atom. The summed E-state index contributed by atoms with van der Waals surface area (Å²) in [4.78, 5) is 11.2. The summed E-state index contributed by atoms with van der Waals surface area (Å²) in [5.41, 5.74) is 1.11. The van der Waals surface area contributed by atoms with Crippen LogP contribution in [0.15, 0.2) is 24.3 Å². The van der Waals surface area contributed by atoms with Crippen molar-refractivity contribution in [1.29, 1.82) is 0 Å². The number of rotatable bonds is 3. The summed E-state index contributed by atoms with van der Waals surface area (Å²) >= 11 is 1.33. The first-order chi connectivity index (χ1) is 8.43. The number of aryl methyl sites for hydroxylation is 1. The highest BCUT2D eigenvalue weighted by molar-refractivity contribution is 7.15. The zero-order valence-corrected chi connectivity index (χ0v) is 11.3. The van der Waals surface area contributed by atoms with E-state index in [4.69, 9.17) is 5.11 Å². The van der Waals surface area contributed by atoms with Crippen LogP contribution in [-0.2, 0) is 10.2 Å². The molecule has 94 valence electrons. The second-order valence-corrected chi connectivity index (χ2v) is 5.63. The molecule has 0 bridgehead atoms. The van der Waals surface area contributed by atoms with Crippen molar-refractivity contribution >= 4 is 17.3 Å². The zero-order chi connectivity index (χ0) is 13.3. The van der Waals surface area contributed by atoms with Crippen molar-refractivity contribution in [1.82, 2.24) is 10.2 Å². The number of hydrogen-bond donors (Lipinski definition) is 1. The fourth-order valence-corrected chi connectivity index (χ4v) is 2.52. The van der Waals surface area contributed by atoms with E-state index in [9.17, 15) is 4.79 Å². The average Bonchev–Trinajstić information content (AvgIpc) is 2.79. The Kier molecular flexibility index (Phi) is 3.17. The molecule has 0 saturated heterocycles. The number of benzene rings is 1. The van der Waals surface area contributed by atoms with Crippen LogP contribution >= 0.6 is 11.3 Å². The Balaban J connectivity index is 2.44. The fourth-order valence-electron chi connectivity index (χ4n) is 1.49. The van der Waals surface area contributed by atoms with E-state index in [0.717, 1.165) is 16.1 Å². The summed E-state index contributed by atoms with van der Waals surface area (Å²) in [5, 5.41) is 18.6. The molecule has 1 N–H and O–H groups in total. The van der Waals surface area contributed by atoms with Crippen LogP contribution < -0.4 is 0 Å². The van der Waals surface area contributed by atoms with Gasteiger partial charge in [-0.3, -0.25) is 4.79 Å². The van der Waals surface area contributed by atoms with Gasteiger partial charge in [0.05, 0.1) is 0 Å². The summed E-state index contributed by atoms with van der Waals surface area (Å²) in [6, 6.07) is 7.86. The lowest BCUT2D eigenvalue weighted by Gasteiger charge is -2.13. The van der Waals surface area contributed by atoms with Crippen LogP contribution in [0.25, 0.3) is 10.6 Å². The Bertz CT molecular complexity index is 590. The van der Waals surface area contributed by atoms with Crippen LogP contribution in [0.2, 0.25) is 0 Å². The number of aromatic nitrogens is 2. The fraction of sp³-hybridized carbons (Fsp3) is 0.308. The lowest BCUT2D eigenvalue weighted by Crippen LogP contribution is -2.28. The zero-order valence-electron chi connectivity index (χ0n) is 10.5. The lowest BCUT2D eigenvalue weighted by atomic mass is 9.95. The molecule has 1 heterocycles. The topological polar surface area (TPSA) is 63.1 Å². The first-order valence-electron chi connectivity index (χ1n) is 5.56. The van der Waals surface area contributed by atoms with Gasteiger partial charge >= 0.3 is 5.97 Å². The van der Waals surface area contributed by atoms with Crippen molar-refractivity contribution in [2.75, 3.05) is 0 Å². The minimum atomic E-state index is -1.00. The number of carbonyl (C=O) groups is 1. The Labute approximate surface area is 109 Å². The highest BCUT2D eigenvalue weighted by Crippen LogP contribution is 2.32. The van der Waals surface area contributed by atoms with Gasteiger partial charge in [-0.15, -0.1) is 10.2 Å². The van der Waals surface area contributed by atoms with Gasteiger partial charge in [0.2, 0.25) is 0 Å². The third-order valence-corrected chi connectivity index (χ3v) is 4.15. The molecule has 0 aliphatic heterocycles. The summed E-state index contributed by atoms with van der Waals surface area (Å²) in [6.07, 6.45) is 0. The van der Waals surface area contributed by atoms with E-state index in [1.807, 2.05) is 31.2 Å². The Morgan fingerprint density at radius 2 is 1.94 bits per heavy atom. The molecule has 18 heavy (non-hydrogen) atoms. The minimum absolute atomic E-state index is 0.522. The molecule has 4 nitrogen and oxygen atoms in total. The van der Waals surface area contributed by atoms with Crippen LogP contribution in [0.1, 0.15) is 24.4 Å². The number of nitrogens with zero attached hydrogens (tertiary/aromatic N) is 2. The number of carboxylic acid groups (broad SMARTS) is 1. The highest BCUT2D eigenvalue weighted by atomic mass is 32.1. The van der Waals surface area contributed by atoms with Crippen LogP contribution in [0.4, 0.5) is 0 Å². The van der Waals surface area contributed by atoms with E-state index in [1.54, 1.807) is 13.8 Å². The van der Waals surface area contributed by atoms with Gasteiger partial charge in [-0.25, -0.2) is 0 Å². The van der Waals surface area contributed by atoms with E-state index in [1.165, 1.54) is 11.3 Å². The van der Waals surface area contributed by atoms with E-state index < -0.39 is 11.4 Å². The van der Waals surface area contributed by atoms with Gasteiger partial charge in [-0.05, 0) is 26.3 Å². The van der Waals surface area contributed by atoms with Crippen molar-refractivity contribution in [3.8, 4) is 10.6 Å². The molecule has 0 atom stereocenters. The van der Waals surface area contributed by atoms with Gasteiger partial charge in [0, 0.05) is 5.56 Å². The Morgan fingerprint density at radius 3 is 2.56 bits per heavy atom. The first-order valence-corrected chi connectivity index (χ1v) is 6.38. The van der Waals surface area contributed by atoms with Gasteiger partial charge in [0.25, 0.3) is 0 Å². The van der Waals surface area contributed by atoms with Gasteiger partial charge < -0.3 is 5.11 Å². The van der Waals surface area contributed by atoms with Crippen molar-refractivity contribution in [3.63, 3.8) is 0 Å². The maximum absolute atomic E-state index is 11.2. The highest BCUT2D eigenvalue weighted by Gasteiger charge is 2.33. The SMILES string of the molecule is Cc1ccccc1-c1nnc(C(C)(C)C(=O)O)s1. The van der Waals surface area contributed by atoms with Crippen molar-refractivity contribution in [3.05, 3.63) is 34.8 Å². The molecular formula is C13H14N2O2S. The molecule has 2 aromatic rings. The predicted molar refractivity (Wildman–Crippen MR) is 70.7 cm³/mol. The van der Waals surface area contributed by atoms with Crippen LogP contribution in [0, 0.1) is 6.92 Å². The normalized spacial score (nSPS) is 11.5. The molecule has 1 aromatic carbocycles. The molecule has 0 saturated carbocycles. The molecule has 0 radical (unpaired) electrons. The van der Waals surface area contributed by atoms with Crippen molar-refractivity contribution in [2.45, 2.75) is 26.2 Å². The van der Waals surface area contributed by atoms with Crippen LogP contribution in [0.5, 0.6) is 0 Å². The molecule has 1 aromatic heterocycles. The molecule has 0 fully saturated rings. The smallest absolute Gasteiger partial charge is 0.316 e. The number of hydrogen-bond acceptors (Lipinski definition) is 4. The van der Waals surface area contributed by atoms with Crippen LogP contribution in [0.3, 0.4) is 0 Å². The molecule has 0 amide bonds. The maximum atomic E-state index is 11.2. The summed E-state index contributed by atoms with van der Waals surface area (Å²) < 4.78 is 0. The maximum Gasteiger partial charge on any atom is 0.316 e. The summed E-state index contributed by atoms with van der Waals surface area (Å²) in [6.45, 7) is 5.27. The number of aliphatic carboxylic acids is 1. The van der Waals surface area contributed by atoms with E-state index >= 15 is 0 Å². The van der Waals surface area contributed by atoms with E-state index in [0.29, 0.717) is 5.01 Å². The number of carboxylic acids is 1. The second-order valence-electron chi connectivity index (χ2n) is 4.66. The third-order valence-electron chi connectivity index (χ3n) is 2.87. The molecule has 5 heteroatoms. The van der Waals surface area contributed by atoms with Gasteiger partial charge in [0.1, 0.15) is 15.4 Å². The molecule has 0 unspecified atom stereocenters. The van der Waals surface area contributed by atoms with Crippen molar-refractivity contribution < 1.29 is 9.90 Å². The van der Waals surface area contributed by atoms with Gasteiger partial charge in [-0.1, -0.05) is 35.6 Å². The predicted octanol–water partition coefficient (Wildman–Crippen LogP) is 2.88. The van der Waals surface area contributed by atoms with Gasteiger partial charge in [0.15, 0.2) is 0 Å². The quantitative estimate of drug-likeness (QED) is 0.923. The standard InChI is InChI=1S/C13H14N2O2S/c1-8-6-4-5-7-9(8)10-14-15-11(18-10)13(2,3)12(16)17/h4-7H,1-3H3,(H,16,17). The van der Waals surface area contributed by atoms with E-state index in [2.05, 4.69) is 10.2 Å². The molecular weight excluding hydrogens is 248 g/mol. The van der Waals surface area contributed by atoms with Gasteiger partial charge in [-0.2, -0.15) is 0 Å². The van der Waals surface area contributed by atoms with E-state index in [-0.39, 0.29) is 0 Å². The molecule has 0 aliphatic carbocycles.